The van der Waals surface area contributed by atoms with Crippen molar-refractivity contribution >= 4 is 28.5 Å². The van der Waals surface area contributed by atoms with Crippen LogP contribution in [0.1, 0.15) is 33.6 Å². The zero-order valence-electron chi connectivity index (χ0n) is 17.5. The summed E-state index contributed by atoms with van der Waals surface area (Å²) in [4.78, 5) is 23.5. The zero-order valence-corrected chi connectivity index (χ0v) is 19.1. The average Bonchev–Trinajstić information content (AvgIpc) is 3.51. The third-order valence-corrected chi connectivity index (χ3v) is 7.52. The molecule has 3 heterocycles. The quantitative estimate of drug-likeness (QED) is 0.493. The summed E-state index contributed by atoms with van der Waals surface area (Å²) in [5, 5.41) is 21.5. The van der Waals surface area contributed by atoms with Crippen LogP contribution in [0, 0.1) is 0 Å². The van der Waals surface area contributed by atoms with Crippen LogP contribution in [0.3, 0.4) is 0 Å². The summed E-state index contributed by atoms with van der Waals surface area (Å²) >= 11 is 2.45. The molecular formula is C22H22F3N3O3S2. The van der Waals surface area contributed by atoms with Gasteiger partial charge in [0.1, 0.15) is 10.0 Å². The van der Waals surface area contributed by atoms with Crippen molar-refractivity contribution in [2.45, 2.75) is 44.2 Å². The van der Waals surface area contributed by atoms with Crippen LogP contribution in [0.5, 0.6) is 0 Å². The second kappa shape index (κ2) is 9.98. The molecule has 0 amide bonds. The molecule has 1 aromatic carbocycles. The molecule has 0 aliphatic carbocycles. The van der Waals surface area contributed by atoms with Crippen LogP contribution in [0.25, 0.3) is 10.6 Å². The number of alkyl halides is 3. The number of thiazole rings is 2. The van der Waals surface area contributed by atoms with E-state index in [-0.39, 0.29) is 37.9 Å². The van der Waals surface area contributed by atoms with Crippen LogP contribution in [0.2, 0.25) is 0 Å². The molecule has 0 spiro atoms. The van der Waals surface area contributed by atoms with Gasteiger partial charge in [0.05, 0.1) is 48.5 Å². The van der Waals surface area contributed by atoms with Crippen LogP contribution in [0.4, 0.5) is 13.2 Å². The summed E-state index contributed by atoms with van der Waals surface area (Å²) in [6.45, 7) is -1.52. The van der Waals surface area contributed by atoms with Gasteiger partial charge < -0.3 is 10.2 Å². The summed E-state index contributed by atoms with van der Waals surface area (Å²) in [6, 6.07) is 8.47. The van der Waals surface area contributed by atoms with Gasteiger partial charge in [-0.2, -0.15) is 13.2 Å². The highest BCUT2D eigenvalue weighted by atomic mass is 32.1. The fourth-order valence-corrected chi connectivity index (χ4v) is 5.91. The molecule has 1 aliphatic heterocycles. The lowest BCUT2D eigenvalue weighted by atomic mass is 9.95. The highest BCUT2D eigenvalue weighted by Crippen LogP contribution is 2.36. The maximum absolute atomic E-state index is 13.2. The van der Waals surface area contributed by atoms with Crippen LogP contribution in [-0.2, 0) is 24.4 Å². The van der Waals surface area contributed by atoms with Gasteiger partial charge in [0.2, 0.25) is 0 Å². The maximum Gasteiger partial charge on any atom is 0.401 e. The van der Waals surface area contributed by atoms with Crippen molar-refractivity contribution in [3.05, 3.63) is 57.0 Å². The number of aliphatic hydroxyl groups is 2. The number of hydrogen-bond donors (Lipinski definition) is 2. The van der Waals surface area contributed by atoms with E-state index in [4.69, 9.17) is 0 Å². The van der Waals surface area contributed by atoms with Crippen molar-refractivity contribution in [3.8, 4) is 10.6 Å². The second-order valence-corrected chi connectivity index (χ2v) is 9.90. The number of hydrogen-bond acceptors (Lipinski definition) is 8. The van der Waals surface area contributed by atoms with Crippen molar-refractivity contribution in [1.29, 1.82) is 0 Å². The SMILES string of the molecule is O=C(Cc1nc(-c2sc(CO)nc2CO)cs1)[C@@H]1C[C@@H](c2ccccc2)CN1CC(F)(F)F. The van der Waals surface area contributed by atoms with Gasteiger partial charge in [-0.25, -0.2) is 9.97 Å². The normalized spacial score (nSPS) is 19.3. The Balaban J connectivity index is 1.51. The number of nitrogens with zero attached hydrogens (tertiary/aromatic N) is 3. The maximum atomic E-state index is 13.2. The molecule has 6 nitrogen and oxygen atoms in total. The molecule has 2 atom stereocenters. The molecule has 0 unspecified atom stereocenters. The fraction of sp³-hybridized carbons (Fsp3) is 0.409. The third kappa shape index (κ3) is 5.67. The molecule has 1 aliphatic rings. The van der Waals surface area contributed by atoms with Crippen molar-refractivity contribution in [3.63, 3.8) is 0 Å². The third-order valence-electron chi connectivity index (χ3n) is 5.56. The number of aromatic nitrogens is 2. The molecule has 0 saturated carbocycles. The first-order valence-electron chi connectivity index (χ1n) is 10.3. The Labute approximate surface area is 196 Å². The monoisotopic (exact) mass is 497 g/mol. The summed E-state index contributed by atoms with van der Waals surface area (Å²) < 4.78 is 39.6. The van der Waals surface area contributed by atoms with Crippen molar-refractivity contribution in [1.82, 2.24) is 14.9 Å². The van der Waals surface area contributed by atoms with Gasteiger partial charge in [-0.15, -0.1) is 22.7 Å². The highest BCUT2D eigenvalue weighted by Gasteiger charge is 2.42. The van der Waals surface area contributed by atoms with Crippen molar-refractivity contribution in [2.75, 3.05) is 13.1 Å². The summed E-state index contributed by atoms with van der Waals surface area (Å²) in [7, 11) is 0. The number of benzene rings is 1. The Morgan fingerprint density at radius 1 is 1.12 bits per heavy atom. The Hall–Kier alpha value is -2.18. The van der Waals surface area contributed by atoms with Gasteiger partial charge in [0, 0.05) is 11.9 Å². The number of halogens is 3. The number of ketones is 1. The van der Waals surface area contributed by atoms with E-state index >= 15 is 0 Å². The molecule has 4 rings (SSSR count). The average molecular weight is 498 g/mol. The number of carbonyl (C=O) groups is 1. The standard InChI is InChI=1S/C22H22F3N3O3S2/c23-22(24,25)12-28-8-14(13-4-2-1-3-5-13)6-17(28)18(31)7-19-27-16(11-32-19)21-15(9-29)26-20(10-30)33-21/h1-5,11,14,17,29-30H,6-10,12H2/t14-,17+/m1/s1. The second-order valence-electron chi connectivity index (χ2n) is 7.87. The lowest BCUT2D eigenvalue weighted by molar-refractivity contribution is -0.150. The minimum absolute atomic E-state index is 0.0642. The van der Waals surface area contributed by atoms with Gasteiger partial charge >= 0.3 is 6.18 Å². The lowest BCUT2D eigenvalue weighted by Gasteiger charge is -2.24. The van der Waals surface area contributed by atoms with Crippen molar-refractivity contribution < 1.29 is 28.2 Å². The number of Topliss-reactive ketones (excluding diaryl/α,β-unsaturated/α-hetero) is 1. The molecule has 11 heteroatoms. The van der Waals surface area contributed by atoms with Gasteiger partial charge in [0.15, 0.2) is 5.78 Å². The molecule has 176 valence electrons. The molecule has 2 aromatic heterocycles. The summed E-state index contributed by atoms with van der Waals surface area (Å²) in [5.41, 5.74) is 1.85. The van der Waals surface area contributed by atoms with Crippen LogP contribution in [-0.4, -0.2) is 56.2 Å². The predicted molar refractivity (Wildman–Crippen MR) is 119 cm³/mol. The summed E-state index contributed by atoms with van der Waals surface area (Å²) in [5.74, 6) is -0.433. The van der Waals surface area contributed by atoms with E-state index in [0.29, 0.717) is 32.7 Å². The Morgan fingerprint density at radius 3 is 2.55 bits per heavy atom. The molecule has 33 heavy (non-hydrogen) atoms. The molecule has 1 fully saturated rings. The van der Waals surface area contributed by atoms with E-state index in [1.165, 1.54) is 27.6 Å². The zero-order chi connectivity index (χ0) is 23.6. The topological polar surface area (TPSA) is 86.5 Å². The Kier molecular flexibility index (Phi) is 7.25. The number of carbonyl (C=O) groups excluding carboxylic acids is 1. The van der Waals surface area contributed by atoms with E-state index in [1.54, 1.807) is 5.38 Å². The summed E-state index contributed by atoms with van der Waals surface area (Å²) in [6.07, 6.45) is -4.12. The smallest absolute Gasteiger partial charge is 0.390 e. The predicted octanol–water partition coefficient (Wildman–Crippen LogP) is 3.78. The molecular weight excluding hydrogens is 475 g/mol. The van der Waals surface area contributed by atoms with Crippen LogP contribution in [0.15, 0.2) is 35.7 Å². The van der Waals surface area contributed by atoms with E-state index < -0.39 is 18.8 Å². The largest absolute Gasteiger partial charge is 0.401 e. The molecule has 1 saturated heterocycles. The van der Waals surface area contributed by atoms with Gasteiger partial charge in [-0.1, -0.05) is 30.3 Å². The highest BCUT2D eigenvalue weighted by molar-refractivity contribution is 7.16. The van der Waals surface area contributed by atoms with Crippen LogP contribution >= 0.6 is 22.7 Å². The van der Waals surface area contributed by atoms with Gasteiger partial charge in [-0.3, -0.25) is 9.69 Å². The van der Waals surface area contributed by atoms with Gasteiger partial charge in [-0.05, 0) is 17.9 Å². The number of rotatable bonds is 8. The van der Waals surface area contributed by atoms with Crippen LogP contribution < -0.4 is 0 Å². The molecule has 2 N–H and O–H groups in total. The number of aliphatic hydroxyl groups excluding tert-OH is 2. The molecule has 0 bridgehead atoms. The Morgan fingerprint density at radius 2 is 1.88 bits per heavy atom. The van der Waals surface area contributed by atoms with E-state index in [9.17, 15) is 28.2 Å². The molecule has 3 aromatic rings. The Bertz CT molecular complexity index is 1100. The lowest BCUT2D eigenvalue weighted by Crippen LogP contribution is -2.42. The van der Waals surface area contributed by atoms with Gasteiger partial charge in [0.25, 0.3) is 0 Å². The van der Waals surface area contributed by atoms with E-state index in [0.717, 1.165) is 5.56 Å². The number of likely N-dealkylation sites (tertiary alicyclic amines) is 1. The van der Waals surface area contributed by atoms with E-state index in [2.05, 4.69) is 9.97 Å². The minimum Gasteiger partial charge on any atom is -0.390 e. The first-order valence-corrected chi connectivity index (χ1v) is 12.0. The van der Waals surface area contributed by atoms with E-state index in [1.807, 2.05) is 30.3 Å². The first-order chi connectivity index (χ1) is 15.8. The first kappa shape index (κ1) is 24.0. The minimum atomic E-state index is -4.39. The molecule has 0 radical (unpaired) electrons. The fourth-order valence-electron chi connectivity index (χ4n) is 4.15. The van der Waals surface area contributed by atoms with Crippen molar-refractivity contribution in [2.24, 2.45) is 0 Å².